The fourth-order valence-corrected chi connectivity index (χ4v) is 14.3. The molecular weight excluding hydrogens is 1420 g/mol. The Morgan fingerprint density at radius 3 is 2.24 bits per heavy atom. The minimum atomic E-state index is -1.95. The molecule has 10 rings (SSSR count). The number of carbonyl (C=O) groups is 8. The molecule has 4 aliphatic heterocycles. The molecule has 9 atom stereocenters. The zero-order chi connectivity index (χ0) is 77.5. The van der Waals surface area contributed by atoms with Crippen molar-refractivity contribution >= 4 is 75.7 Å². The summed E-state index contributed by atoms with van der Waals surface area (Å²) in [6.07, 6.45) is -6.60. The van der Waals surface area contributed by atoms with E-state index in [4.69, 9.17) is 43.9 Å². The quantitative estimate of drug-likeness (QED) is 0.0113. The summed E-state index contributed by atoms with van der Waals surface area (Å²) in [5, 5.41) is 84.2. The number of hydrogen-bond donors (Lipinski definition) is 12. The van der Waals surface area contributed by atoms with Crippen LogP contribution in [-0.4, -0.2) is 204 Å². The van der Waals surface area contributed by atoms with Crippen LogP contribution in [0.4, 0.5) is 10.5 Å². The number of phenols is 2. The summed E-state index contributed by atoms with van der Waals surface area (Å²) in [5.41, 5.74) is 8.73. The summed E-state index contributed by atoms with van der Waals surface area (Å²) < 4.78 is 41.5. The molecule has 0 saturated carbocycles. The summed E-state index contributed by atoms with van der Waals surface area (Å²) in [6, 6.07) is 19.9. The number of phenolic OH excluding ortho intramolecular Hbond substituents is 2. The molecule has 0 radical (unpaired) electrons. The molecule has 6 heterocycles. The fourth-order valence-electron chi connectivity index (χ4n) is 13.3. The second-order valence-corrected chi connectivity index (χ2v) is 28.3. The van der Waals surface area contributed by atoms with Gasteiger partial charge in [-0.3, -0.25) is 38.5 Å². The Hall–Kier alpha value is -9.77. The zero-order valence-corrected chi connectivity index (χ0v) is 61.1. The van der Waals surface area contributed by atoms with Crippen LogP contribution in [0.5, 0.6) is 28.7 Å². The van der Waals surface area contributed by atoms with E-state index in [1.165, 1.54) is 40.9 Å². The summed E-state index contributed by atoms with van der Waals surface area (Å²) in [7, 11) is 0. The van der Waals surface area contributed by atoms with Gasteiger partial charge in [0.05, 0.1) is 67.3 Å². The Morgan fingerprint density at radius 1 is 0.796 bits per heavy atom. The molecule has 6 aromatic rings. The molecule has 580 valence electrons. The van der Waals surface area contributed by atoms with E-state index in [-0.39, 0.29) is 169 Å². The number of esters is 1. The Labute approximate surface area is 625 Å². The first-order valence-corrected chi connectivity index (χ1v) is 37.0. The molecule has 31 nitrogen and oxygen atoms in total. The number of thioether (sulfide) groups is 1. The number of benzene rings is 4. The molecule has 1 unspecified atom stereocenters. The number of unbranched alkanes of at least 4 members (excludes halogenated alkanes) is 1. The third-order valence-electron chi connectivity index (χ3n) is 19.3. The molecule has 13 N–H and O–H groups in total. The molecule has 0 spiro atoms. The van der Waals surface area contributed by atoms with Crippen molar-refractivity contribution in [2.75, 3.05) is 63.8 Å². The zero-order valence-electron chi connectivity index (χ0n) is 60.3. The highest BCUT2D eigenvalue weighted by molar-refractivity contribution is 8.00. The summed E-state index contributed by atoms with van der Waals surface area (Å²) >= 11 is 1.28. The van der Waals surface area contributed by atoms with E-state index in [2.05, 4.69) is 21.3 Å². The molecule has 0 bridgehead atoms. The highest BCUT2D eigenvalue weighted by Crippen LogP contribution is 2.42. The summed E-state index contributed by atoms with van der Waals surface area (Å²) in [5.74, 6) is -3.87. The number of cyclic esters (lactones) is 1. The predicted octanol–water partition coefficient (Wildman–Crippen LogP) is 3.78. The average Bonchev–Trinajstić information content (AvgIpc) is 1.53. The summed E-state index contributed by atoms with van der Waals surface area (Å²) in [6.45, 7) is 7.38. The SMILES string of the molecule is CCc1c2c(nc3ccc(OCc4ccc(NC(=O)[C@H](CCCNC(N)=O)NC(=O)[C@@H](NC(=O)CCCCN5C(=O)CC(SCCOCCOCCOc6cc(O)c(C(=O)CCc7ccc(O)cc7)c(O[C@@H]7O[C@H](CO)[C@@H](O)[C@H](O)[C@H]7O)c6)C5=O)C(C)C)cc4)cc13)-c1cc3c(c(=O)n1C2)COC(=O)[C@]3(O)CC. The number of aliphatic hydroxyl groups is 5. The minimum absolute atomic E-state index is 0.000445. The lowest BCUT2D eigenvalue weighted by Gasteiger charge is -2.39. The Morgan fingerprint density at radius 2 is 1.53 bits per heavy atom. The lowest BCUT2D eigenvalue weighted by molar-refractivity contribution is -0.277. The van der Waals surface area contributed by atoms with Gasteiger partial charge in [0, 0.05) is 72.4 Å². The molecule has 4 aliphatic rings. The van der Waals surface area contributed by atoms with Crippen molar-refractivity contribution in [2.45, 2.75) is 165 Å². The van der Waals surface area contributed by atoms with Gasteiger partial charge in [-0.1, -0.05) is 52.0 Å². The Bertz CT molecular complexity index is 4330. The highest BCUT2D eigenvalue weighted by atomic mass is 32.2. The van der Waals surface area contributed by atoms with E-state index < -0.39 is 107 Å². The number of rotatable bonds is 38. The number of primary amides is 1. The van der Waals surface area contributed by atoms with Gasteiger partial charge in [-0.2, -0.15) is 0 Å². The van der Waals surface area contributed by atoms with Crippen molar-refractivity contribution in [2.24, 2.45) is 11.7 Å². The molecule has 4 aromatic carbocycles. The highest BCUT2D eigenvalue weighted by Gasteiger charge is 2.47. The summed E-state index contributed by atoms with van der Waals surface area (Å²) in [4.78, 5) is 125. The molecule has 7 amide bonds. The number of nitrogens with one attached hydrogen (secondary N) is 4. The second kappa shape index (κ2) is 36.9. The first-order valence-electron chi connectivity index (χ1n) is 36.0. The van der Waals surface area contributed by atoms with E-state index in [1.54, 1.807) is 73.9 Å². The van der Waals surface area contributed by atoms with Crippen molar-refractivity contribution in [1.82, 2.24) is 30.4 Å². The predicted molar refractivity (Wildman–Crippen MR) is 391 cm³/mol. The lowest BCUT2D eigenvalue weighted by Crippen LogP contribution is -2.60. The third-order valence-corrected chi connectivity index (χ3v) is 20.5. The molecular formula is C76H92N8O23S. The Kier molecular flexibility index (Phi) is 27.6. The maximum Gasteiger partial charge on any atom is 0.343 e. The molecule has 2 fully saturated rings. The van der Waals surface area contributed by atoms with Gasteiger partial charge in [-0.15, -0.1) is 11.8 Å². The van der Waals surface area contributed by atoms with Crippen molar-refractivity contribution in [3.8, 4) is 40.1 Å². The van der Waals surface area contributed by atoms with E-state index in [1.807, 2.05) is 19.1 Å². The first kappa shape index (κ1) is 80.8. The number of imide groups is 1. The number of urea groups is 1. The normalized spacial score (nSPS) is 19.9. The molecule has 2 aromatic heterocycles. The second-order valence-electron chi connectivity index (χ2n) is 27.0. The number of aryl methyl sites for hydroxylation is 2. The van der Waals surface area contributed by atoms with Gasteiger partial charge in [0.25, 0.3) is 5.56 Å². The molecule has 108 heavy (non-hydrogen) atoms. The van der Waals surface area contributed by atoms with Crippen LogP contribution >= 0.6 is 11.8 Å². The van der Waals surface area contributed by atoms with E-state index >= 15 is 0 Å². The minimum Gasteiger partial charge on any atom is -0.508 e. The van der Waals surface area contributed by atoms with Gasteiger partial charge in [-0.25, -0.2) is 14.6 Å². The van der Waals surface area contributed by atoms with E-state index in [0.717, 1.165) is 27.6 Å². The Balaban J connectivity index is 0.630. The number of aliphatic hydroxyl groups excluding tert-OH is 4. The maximum absolute atomic E-state index is 13.9. The number of ketones is 1. The lowest BCUT2D eigenvalue weighted by atomic mass is 9.86. The van der Waals surface area contributed by atoms with Gasteiger partial charge in [-0.05, 0) is 116 Å². The topological polar surface area (TPSA) is 455 Å². The van der Waals surface area contributed by atoms with Crippen molar-refractivity contribution < 1.29 is 107 Å². The van der Waals surface area contributed by atoms with Crippen LogP contribution in [0.15, 0.2) is 89.7 Å². The van der Waals surface area contributed by atoms with Crippen molar-refractivity contribution in [3.63, 3.8) is 0 Å². The largest absolute Gasteiger partial charge is 0.508 e. The number of aromatic nitrogens is 2. The van der Waals surface area contributed by atoms with E-state index in [0.29, 0.717) is 46.9 Å². The number of aromatic hydroxyl groups is 2. The standard InChI is InChI=1S/C76H92N8O23S/c1-5-48-49-32-46(21-22-53(49)80-65-50(48)37-84-55(65)35-52-51(71(84)96)40-105-74(98)76(52,100)6-2)104-39-43-12-17-44(18-13-43)79-69(94)54(10-9-24-78-75(77)99)81-70(95)64(41(3)4)82-61(89)11-7-8-25-83-62(90)36-60(72(83)97)108-31-30-102-27-26-101-28-29-103-47-33-57(88)63(56(87)23-16-42-14-19-45(86)20-15-42)58(34-47)106-73-68(93)67(92)66(91)59(38-85)107-73/h12-15,17-22,32-35,41,54,59-60,64,66-68,73,85-86,88,91-93,100H,5-11,16,23-31,36-40H2,1-4H3,(H,79,94)(H,81,95)(H,82,89)(H3,77,78,99)/t54-,59+,60?,64-,66+,67-,68+,73+,76-/m0/s1. The average molecular weight is 1520 g/mol. The van der Waals surface area contributed by atoms with Crippen LogP contribution in [0.1, 0.15) is 123 Å². The van der Waals surface area contributed by atoms with Gasteiger partial charge < -0.3 is 100 Å². The number of nitrogens with two attached hydrogens (primary N) is 1. The number of pyridine rings is 2. The van der Waals surface area contributed by atoms with Gasteiger partial charge >= 0.3 is 12.0 Å². The maximum atomic E-state index is 13.9. The smallest absolute Gasteiger partial charge is 0.343 e. The van der Waals surface area contributed by atoms with Crippen molar-refractivity contribution in [3.05, 3.63) is 134 Å². The van der Waals surface area contributed by atoms with Crippen LogP contribution in [-0.2, 0) is 85.9 Å². The van der Waals surface area contributed by atoms with Gasteiger partial charge in [0.2, 0.25) is 35.8 Å². The van der Waals surface area contributed by atoms with Crippen molar-refractivity contribution in [1.29, 1.82) is 0 Å². The number of ether oxygens (including phenoxy) is 7. The van der Waals surface area contributed by atoms with Crippen LogP contribution in [0.3, 0.4) is 0 Å². The van der Waals surface area contributed by atoms with Gasteiger partial charge in [0.15, 0.2) is 11.4 Å². The van der Waals surface area contributed by atoms with Crippen LogP contribution in [0.2, 0.25) is 0 Å². The fraction of sp³-hybridized carbons (Fsp3) is 0.474. The van der Waals surface area contributed by atoms with Crippen LogP contribution < -0.4 is 46.8 Å². The molecule has 32 heteroatoms. The van der Waals surface area contributed by atoms with Crippen LogP contribution in [0, 0.1) is 5.92 Å². The first-order chi connectivity index (χ1) is 51.8. The number of hydrogen-bond acceptors (Lipinski definition) is 25. The number of anilines is 1. The number of carbonyl (C=O) groups excluding carboxylic acids is 8. The van der Waals surface area contributed by atoms with Gasteiger partial charge in [0.1, 0.15) is 90.6 Å². The third kappa shape index (κ3) is 19.4. The number of amides is 7. The number of nitrogens with zero attached hydrogens (tertiary/aromatic N) is 3. The molecule has 2 saturated heterocycles. The number of likely N-dealkylation sites (tertiary alicyclic amines) is 1. The van der Waals surface area contributed by atoms with E-state index in [9.17, 15) is 78.9 Å². The molecule has 0 aliphatic carbocycles. The van der Waals surface area contributed by atoms with Crippen LogP contribution in [0.25, 0.3) is 22.3 Å². The number of Topliss-reactive ketones (excluding diaryl/α,β-unsaturated/α-hetero) is 1. The monoisotopic (exact) mass is 1520 g/mol. The number of fused-ring (bicyclic) bond motifs is 5.